The summed E-state index contributed by atoms with van der Waals surface area (Å²) in [6.45, 7) is 1.37. The maximum absolute atomic E-state index is 13.0. The summed E-state index contributed by atoms with van der Waals surface area (Å²) >= 11 is 0. The number of benzene rings is 1. The van der Waals surface area contributed by atoms with Crippen molar-refractivity contribution in [2.24, 2.45) is 0 Å². The summed E-state index contributed by atoms with van der Waals surface area (Å²) in [6.07, 6.45) is 3.18. The number of aliphatic hydroxyl groups is 1. The number of nitrogens with zero attached hydrogens (tertiary/aromatic N) is 3. The first kappa shape index (κ1) is 19.4. The zero-order chi connectivity index (χ0) is 20.8. The number of carbonyl (C=O) groups is 2. The summed E-state index contributed by atoms with van der Waals surface area (Å²) < 4.78 is 27.1. The van der Waals surface area contributed by atoms with Crippen LogP contribution in [0.5, 0.6) is 0 Å². The number of imide groups is 1. The number of hydrogen-bond donors (Lipinski definition) is 1. The second-order valence-corrected chi connectivity index (χ2v) is 8.79. The van der Waals surface area contributed by atoms with Gasteiger partial charge in [-0.15, -0.1) is 0 Å². The Hall–Kier alpha value is -2.88. The molecule has 1 N–H and O–H groups in total. The monoisotopic (exact) mass is 413 g/mol. The topological polar surface area (TPSA) is 108 Å². The number of fused-ring (bicyclic) bond motifs is 1. The van der Waals surface area contributed by atoms with Gasteiger partial charge in [0.25, 0.3) is 21.8 Å². The predicted octanol–water partition coefficient (Wildman–Crippen LogP) is 1.06. The van der Waals surface area contributed by atoms with Gasteiger partial charge in [0.15, 0.2) is 5.03 Å². The van der Waals surface area contributed by atoms with Gasteiger partial charge >= 0.3 is 0 Å². The van der Waals surface area contributed by atoms with Crippen molar-refractivity contribution in [2.45, 2.75) is 30.1 Å². The first-order valence-electron chi connectivity index (χ1n) is 9.08. The maximum Gasteiger partial charge on any atom is 0.262 e. The largest absolute Gasteiger partial charge is 0.389 e. The van der Waals surface area contributed by atoms with Crippen molar-refractivity contribution in [3.05, 3.63) is 71.9 Å². The maximum atomic E-state index is 13.0. The smallest absolute Gasteiger partial charge is 0.262 e. The number of aromatic nitrogens is 1. The Bertz CT molecular complexity index is 1070. The molecule has 2 aromatic rings. The Labute approximate surface area is 168 Å². The van der Waals surface area contributed by atoms with Crippen molar-refractivity contribution in [1.29, 1.82) is 0 Å². The molecule has 3 unspecified atom stereocenters. The summed E-state index contributed by atoms with van der Waals surface area (Å²) in [5, 5.41) is 10.7. The minimum Gasteiger partial charge on any atom is -0.389 e. The molecular formula is C20H19N3O5S. The highest BCUT2D eigenvalue weighted by molar-refractivity contribution is 7.89. The molecule has 150 valence electrons. The molecule has 2 aliphatic heterocycles. The number of amides is 2. The van der Waals surface area contributed by atoms with E-state index in [1.54, 1.807) is 49.4 Å². The van der Waals surface area contributed by atoms with E-state index < -0.39 is 40.0 Å². The molecule has 0 aliphatic carbocycles. The molecule has 0 spiro atoms. The van der Waals surface area contributed by atoms with E-state index in [9.17, 15) is 23.1 Å². The van der Waals surface area contributed by atoms with E-state index in [2.05, 4.69) is 4.98 Å². The Balaban J connectivity index is 1.66. The van der Waals surface area contributed by atoms with Crippen LogP contribution in [0, 0.1) is 0 Å². The molecule has 0 saturated heterocycles. The van der Waals surface area contributed by atoms with Gasteiger partial charge < -0.3 is 5.11 Å². The lowest BCUT2D eigenvalue weighted by molar-refractivity contribution is 0.0402. The highest BCUT2D eigenvalue weighted by Gasteiger charge is 2.44. The lowest BCUT2D eigenvalue weighted by atomic mass is 10.1. The fraction of sp³-hybridized carbons (Fsp3) is 0.250. The van der Waals surface area contributed by atoms with Gasteiger partial charge in [-0.3, -0.25) is 14.5 Å². The molecule has 0 saturated carbocycles. The predicted molar refractivity (Wildman–Crippen MR) is 103 cm³/mol. The average Bonchev–Trinajstić information content (AvgIpc) is 2.87. The highest BCUT2D eigenvalue weighted by Crippen LogP contribution is 2.29. The van der Waals surface area contributed by atoms with E-state index in [1.807, 2.05) is 0 Å². The SMILES string of the molecule is CC1C=CC(N2C(=O)c3ccccc3C2=O)C(O)CN1S(=O)(=O)c1ccccn1. The highest BCUT2D eigenvalue weighted by atomic mass is 32.2. The second kappa shape index (κ2) is 7.18. The number of β-amino-alcohol motifs (C(OH)–C–C–N with tert-alkyl or cyclic N) is 1. The second-order valence-electron chi connectivity index (χ2n) is 6.95. The number of pyridine rings is 1. The van der Waals surface area contributed by atoms with Gasteiger partial charge in [-0.2, -0.15) is 4.31 Å². The summed E-state index contributed by atoms with van der Waals surface area (Å²) in [6, 6.07) is 9.42. The molecule has 9 heteroatoms. The van der Waals surface area contributed by atoms with Crippen molar-refractivity contribution in [2.75, 3.05) is 6.54 Å². The molecule has 2 aliphatic rings. The first-order valence-corrected chi connectivity index (χ1v) is 10.5. The van der Waals surface area contributed by atoms with Crippen LogP contribution >= 0.6 is 0 Å². The van der Waals surface area contributed by atoms with Crippen molar-refractivity contribution < 1.29 is 23.1 Å². The van der Waals surface area contributed by atoms with Crippen molar-refractivity contribution in [1.82, 2.24) is 14.2 Å². The number of sulfonamides is 1. The van der Waals surface area contributed by atoms with Crippen molar-refractivity contribution in [3.8, 4) is 0 Å². The molecule has 3 heterocycles. The van der Waals surface area contributed by atoms with Crippen LogP contribution < -0.4 is 0 Å². The number of hydrogen-bond acceptors (Lipinski definition) is 6. The standard InChI is InChI=1S/C20H19N3O5S/c1-13-9-10-16(23-19(25)14-6-2-3-7-15(14)20(23)26)17(24)12-22(13)29(27,28)18-8-4-5-11-21-18/h2-11,13,16-17,24H,12H2,1H3. The first-order chi connectivity index (χ1) is 13.8. The van der Waals surface area contributed by atoms with Gasteiger partial charge in [0.2, 0.25) is 0 Å². The van der Waals surface area contributed by atoms with E-state index in [1.165, 1.54) is 18.3 Å². The van der Waals surface area contributed by atoms with Gasteiger partial charge in [0, 0.05) is 18.8 Å². The molecular weight excluding hydrogens is 394 g/mol. The van der Waals surface area contributed by atoms with E-state index in [4.69, 9.17) is 0 Å². The van der Waals surface area contributed by atoms with Crippen molar-refractivity contribution >= 4 is 21.8 Å². The third-order valence-electron chi connectivity index (χ3n) is 5.14. The fourth-order valence-corrected chi connectivity index (χ4v) is 5.17. The zero-order valence-corrected chi connectivity index (χ0v) is 16.4. The van der Waals surface area contributed by atoms with Gasteiger partial charge in [-0.05, 0) is 31.2 Å². The van der Waals surface area contributed by atoms with Crippen LogP contribution in [-0.4, -0.2) is 64.3 Å². The van der Waals surface area contributed by atoms with E-state index in [0.29, 0.717) is 0 Å². The quantitative estimate of drug-likeness (QED) is 0.595. The van der Waals surface area contributed by atoms with Crippen LogP contribution in [0.15, 0.2) is 65.8 Å². The zero-order valence-electron chi connectivity index (χ0n) is 15.5. The fourth-order valence-electron chi connectivity index (χ4n) is 3.63. The van der Waals surface area contributed by atoms with Crippen molar-refractivity contribution in [3.63, 3.8) is 0 Å². The number of rotatable bonds is 3. The third-order valence-corrected chi connectivity index (χ3v) is 7.01. The number of carbonyl (C=O) groups excluding carboxylic acids is 2. The minimum atomic E-state index is -3.97. The van der Waals surface area contributed by atoms with Crippen LogP contribution in [0.1, 0.15) is 27.6 Å². The van der Waals surface area contributed by atoms with E-state index in [-0.39, 0.29) is 22.7 Å². The van der Waals surface area contributed by atoms with Crippen LogP contribution in [0.25, 0.3) is 0 Å². The van der Waals surface area contributed by atoms with E-state index in [0.717, 1.165) is 9.21 Å². The molecule has 0 bridgehead atoms. The Morgan fingerprint density at radius 3 is 2.21 bits per heavy atom. The minimum absolute atomic E-state index is 0.133. The normalized spacial score (nSPS) is 25.2. The van der Waals surface area contributed by atoms with Gasteiger partial charge in [-0.25, -0.2) is 13.4 Å². The molecule has 3 atom stereocenters. The average molecular weight is 413 g/mol. The number of aliphatic hydroxyl groups excluding tert-OH is 1. The van der Waals surface area contributed by atoms with E-state index >= 15 is 0 Å². The molecule has 1 aromatic heterocycles. The van der Waals surface area contributed by atoms with Gasteiger partial charge in [-0.1, -0.05) is 30.4 Å². The Morgan fingerprint density at radius 2 is 1.62 bits per heavy atom. The summed E-state index contributed by atoms with van der Waals surface area (Å²) in [5.41, 5.74) is 0.543. The lowest BCUT2D eigenvalue weighted by Gasteiger charge is -2.30. The Morgan fingerprint density at radius 1 is 1.00 bits per heavy atom. The van der Waals surface area contributed by atoms with Gasteiger partial charge in [0.1, 0.15) is 0 Å². The Kier molecular flexibility index (Phi) is 4.81. The molecule has 4 rings (SSSR count). The van der Waals surface area contributed by atoms with Crippen LogP contribution in [-0.2, 0) is 10.0 Å². The molecule has 1 aromatic carbocycles. The third kappa shape index (κ3) is 3.17. The van der Waals surface area contributed by atoms with Crippen LogP contribution in [0.2, 0.25) is 0 Å². The van der Waals surface area contributed by atoms with Crippen LogP contribution in [0.3, 0.4) is 0 Å². The summed E-state index contributed by atoms with van der Waals surface area (Å²) in [5.74, 6) is -1.01. The molecule has 0 radical (unpaired) electrons. The summed E-state index contributed by atoms with van der Waals surface area (Å²) in [4.78, 5) is 30.4. The van der Waals surface area contributed by atoms with Crippen LogP contribution in [0.4, 0.5) is 0 Å². The molecule has 29 heavy (non-hydrogen) atoms. The van der Waals surface area contributed by atoms with Gasteiger partial charge in [0.05, 0.1) is 23.3 Å². The molecule has 8 nitrogen and oxygen atoms in total. The molecule has 0 fully saturated rings. The molecule has 2 amide bonds. The lowest BCUT2D eigenvalue weighted by Crippen LogP contribution is -2.50. The summed E-state index contributed by atoms with van der Waals surface area (Å²) in [7, 11) is -3.97.